The highest BCUT2D eigenvalue weighted by atomic mass is 16.4. The van der Waals surface area contributed by atoms with Crippen molar-refractivity contribution in [2.45, 2.75) is 20.4 Å². The third kappa shape index (κ3) is 3.97. The molecule has 144 valence electrons. The van der Waals surface area contributed by atoms with Crippen LogP contribution in [0.5, 0.6) is 0 Å². The number of carbonyl (C=O) groups is 1. The Hall–Kier alpha value is -3.66. The van der Waals surface area contributed by atoms with Crippen LogP contribution < -0.4 is 0 Å². The summed E-state index contributed by atoms with van der Waals surface area (Å²) in [5.41, 5.74) is 6.90. The molecule has 0 bridgehead atoms. The lowest BCUT2D eigenvalue weighted by Crippen LogP contribution is -2.03. The van der Waals surface area contributed by atoms with E-state index in [0.717, 1.165) is 28.0 Å². The summed E-state index contributed by atoms with van der Waals surface area (Å²) in [6.07, 6.45) is 4.09. The number of aromatic carboxylic acids is 1. The van der Waals surface area contributed by atoms with Crippen LogP contribution in [-0.2, 0) is 6.54 Å². The third-order valence-electron chi connectivity index (χ3n) is 5.16. The summed E-state index contributed by atoms with van der Waals surface area (Å²) in [4.78, 5) is 16.0. The van der Waals surface area contributed by atoms with Crippen molar-refractivity contribution in [2.24, 2.45) is 0 Å². The van der Waals surface area contributed by atoms with E-state index < -0.39 is 5.97 Å². The van der Waals surface area contributed by atoms with E-state index in [-0.39, 0.29) is 0 Å². The molecule has 0 saturated heterocycles. The SMILES string of the molecule is Cc1cc2nc(/C=C/c3ccccc3)n(Cc3ccc(C(=O)O)cc3)c2cc1C. The molecule has 0 aliphatic rings. The van der Waals surface area contributed by atoms with Crippen molar-refractivity contribution >= 4 is 29.2 Å². The minimum atomic E-state index is -0.915. The smallest absolute Gasteiger partial charge is 0.335 e. The Morgan fingerprint density at radius 3 is 2.34 bits per heavy atom. The zero-order valence-electron chi connectivity index (χ0n) is 16.5. The van der Waals surface area contributed by atoms with E-state index in [4.69, 9.17) is 10.1 Å². The standard InChI is InChI=1S/C25H22N2O2/c1-17-14-22-23(15-18(17)2)27(16-20-8-11-21(12-9-20)25(28)29)24(26-22)13-10-19-6-4-3-5-7-19/h3-15H,16H2,1-2H3,(H,28,29)/b13-10+. The predicted octanol–water partition coefficient (Wildman–Crippen LogP) is 5.57. The average Bonchev–Trinajstić information content (AvgIpc) is 3.04. The second kappa shape index (κ2) is 7.76. The second-order valence-corrected chi connectivity index (χ2v) is 7.23. The van der Waals surface area contributed by atoms with Gasteiger partial charge >= 0.3 is 5.97 Å². The summed E-state index contributed by atoms with van der Waals surface area (Å²) in [5, 5.41) is 9.13. The number of fused-ring (bicyclic) bond motifs is 1. The molecule has 29 heavy (non-hydrogen) atoms. The zero-order valence-corrected chi connectivity index (χ0v) is 16.5. The zero-order chi connectivity index (χ0) is 20.4. The van der Waals surface area contributed by atoms with Gasteiger partial charge in [0.05, 0.1) is 16.6 Å². The molecule has 0 aliphatic heterocycles. The molecule has 0 unspecified atom stereocenters. The molecule has 0 amide bonds. The van der Waals surface area contributed by atoms with Crippen molar-refractivity contribution in [3.63, 3.8) is 0 Å². The minimum absolute atomic E-state index is 0.292. The van der Waals surface area contributed by atoms with Gasteiger partial charge in [0, 0.05) is 6.54 Å². The van der Waals surface area contributed by atoms with Crippen molar-refractivity contribution in [1.29, 1.82) is 0 Å². The summed E-state index contributed by atoms with van der Waals surface area (Å²) in [6.45, 7) is 4.82. The van der Waals surface area contributed by atoms with E-state index in [1.54, 1.807) is 12.1 Å². The van der Waals surface area contributed by atoms with Gasteiger partial charge in [0.25, 0.3) is 0 Å². The predicted molar refractivity (Wildman–Crippen MR) is 117 cm³/mol. The maximum Gasteiger partial charge on any atom is 0.335 e. The van der Waals surface area contributed by atoms with Gasteiger partial charge in [-0.05, 0) is 66.4 Å². The Labute approximate surface area is 169 Å². The number of hydrogen-bond donors (Lipinski definition) is 1. The van der Waals surface area contributed by atoms with Crippen molar-refractivity contribution in [2.75, 3.05) is 0 Å². The van der Waals surface area contributed by atoms with Crippen LogP contribution in [0.4, 0.5) is 0 Å². The van der Waals surface area contributed by atoms with Crippen LogP contribution in [-0.4, -0.2) is 20.6 Å². The Morgan fingerprint density at radius 1 is 0.966 bits per heavy atom. The second-order valence-electron chi connectivity index (χ2n) is 7.23. The quantitative estimate of drug-likeness (QED) is 0.491. The fourth-order valence-corrected chi connectivity index (χ4v) is 3.36. The largest absolute Gasteiger partial charge is 0.478 e. The van der Waals surface area contributed by atoms with Gasteiger partial charge in [-0.25, -0.2) is 9.78 Å². The first-order valence-corrected chi connectivity index (χ1v) is 9.54. The molecule has 0 saturated carbocycles. The first-order chi connectivity index (χ1) is 14.0. The Kier molecular flexibility index (Phi) is 5.00. The highest BCUT2D eigenvalue weighted by Crippen LogP contribution is 2.23. The van der Waals surface area contributed by atoms with Gasteiger partial charge in [-0.15, -0.1) is 0 Å². The van der Waals surface area contributed by atoms with Gasteiger partial charge in [0.2, 0.25) is 0 Å². The fraction of sp³-hybridized carbons (Fsp3) is 0.120. The molecule has 0 spiro atoms. The molecule has 4 aromatic rings. The molecule has 4 heteroatoms. The maximum atomic E-state index is 11.1. The normalized spacial score (nSPS) is 11.4. The minimum Gasteiger partial charge on any atom is -0.478 e. The number of aromatic nitrogens is 2. The third-order valence-corrected chi connectivity index (χ3v) is 5.16. The number of carboxylic acids is 1. The monoisotopic (exact) mass is 382 g/mol. The summed E-state index contributed by atoms with van der Waals surface area (Å²) < 4.78 is 2.18. The van der Waals surface area contributed by atoms with Crippen molar-refractivity contribution in [3.8, 4) is 0 Å². The van der Waals surface area contributed by atoms with E-state index in [1.807, 2.05) is 36.4 Å². The van der Waals surface area contributed by atoms with Crippen molar-refractivity contribution in [3.05, 3.63) is 100 Å². The van der Waals surface area contributed by atoms with Crippen LogP contribution in [0.25, 0.3) is 23.2 Å². The van der Waals surface area contributed by atoms with E-state index in [2.05, 4.69) is 48.8 Å². The Bertz CT molecular complexity index is 1200. The van der Waals surface area contributed by atoms with Crippen molar-refractivity contribution in [1.82, 2.24) is 9.55 Å². The number of carboxylic acid groups (broad SMARTS) is 1. The van der Waals surface area contributed by atoms with Gasteiger partial charge in [-0.2, -0.15) is 0 Å². The van der Waals surface area contributed by atoms with E-state index >= 15 is 0 Å². The molecular formula is C25H22N2O2. The van der Waals surface area contributed by atoms with E-state index in [1.165, 1.54) is 11.1 Å². The van der Waals surface area contributed by atoms with Crippen LogP contribution in [0.1, 0.15) is 38.4 Å². The van der Waals surface area contributed by atoms with Crippen LogP contribution in [0, 0.1) is 13.8 Å². The molecule has 0 aliphatic carbocycles. The molecule has 4 rings (SSSR count). The van der Waals surface area contributed by atoms with Crippen LogP contribution in [0.15, 0.2) is 66.7 Å². The topological polar surface area (TPSA) is 55.1 Å². The molecule has 1 N–H and O–H groups in total. The molecule has 0 radical (unpaired) electrons. The summed E-state index contributed by atoms with van der Waals surface area (Å²) in [5.74, 6) is -0.0432. The fourth-order valence-electron chi connectivity index (χ4n) is 3.36. The molecule has 4 nitrogen and oxygen atoms in total. The molecule has 3 aromatic carbocycles. The lowest BCUT2D eigenvalue weighted by atomic mass is 10.1. The van der Waals surface area contributed by atoms with Gasteiger partial charge in [-0.3, -0.25) is 0 Å². The summed E-state index contributed by atoms with van der Waals surface area (Å²) in [6, 6.07) is 21.4. The van der Waals surface area contributed by atoms with E-state index in [9.17, 15) is 4.79 Å². The molecular weight excluding hydrogens is 360 g/mol. The van der Waals surface area contributed by atoms with E-state index in [0.29, 0.717) is 12.1 Å². The van der Waals surface area contributed by atoms with Gasteiger partial charge in [-0.1, -0.05) is 48.5 Å². The first-order valence-electron chi connectivity index (χ1n) is 9.54. The number of imidazole rings is 1. The highest BCUT2D eigenvalue weighted by Gasteiger charge is 2.11. The number of nitrogens with zero attached hydrogens (tertiary/aromatic N) is 2. The number of hydrogen-bond acceptors (Lipinski definition) is 2. The van der Waals surface area contributed by atoms with Gasteiger partial charge in [0.15, 0.2) is 0 Å². The summed E-state index contributed by atoms with van der Waals surface area (Å²) >= 11 is 0. The molecule has 1 aromatic heterocycles. The van der Waals surface area contributed by atoms with Crippen molar-refractivity contribution < 1.29 is 9.90 Å². The molecule has 0 fully saturated rings. The molecule has 0 atom stereocenters. The number of benzene rings is 3. The first kappa shape index (κ1) is 18.7. The lowest BCUT2D eigenvalue weighted by Gasteiger charge is -2.09. The van der Waals surface area contributed by atoms with Crippen LogP contribution in [0.3, 0.4) is 0 Å². The van der Waals surface area contributed by atoms with Crippen LogP contribution >= 0.6 is 0 Å². The van der Waals surface area contributed by atoms with Gasteiger partial charge in [0.1, 0.15) is 5.82 Å². The summed E-state index contributed by atoms with van der Waals surface area (Å²) in [7, 11) is 0. The number of aryl methyl sites for hydroxylation is 2. The Morgan fingerprint density at radius 2 is 1.66 bits per heavy atom. The Balaban J connectivity index is 1.77. The maximum absolute atomic E-state index is 11.1. The van der Waals surface area contributed by atoms with Gasteiger partial charge < -0.3 is 9.67 Å². The van der Waals surface area contributed by atoms with Crippen LogP contribution in [0.2, 0.25) is 0 Å². The number of rotatable bonds is 5. The molecule has 1 heterocycles. The lowest BCUT2D eigenvalue weighted by molar-refractivity contribution is 0.0697. The highest BCUT2D eigenvalue weighted by molar-refractivity contribution is 5.87. The average molecular weight is 382 g/mol.